The summed E-state index contributed by atoms with van der Waals surface area (Å²) in [6.45, 7) is 5.97. The first kappa shape index (κ1) is 26.9. The number of benzene rings is 2. The number of halogens is 2. The van der Waals surface area contributed by atoms with E-state index in [1.807, 2.05) is 13.8 Å². The fourth-order valence-electron chi connectivity index (χ4n) is 4.26. The third kappa shape index (κ3) is 5.42. The standard InChI is InChI=1S/C28H30ClFN2O5/c1-5-36-22-9-7-16(13-23(22)35-4)21(33)10-11-28(3,34)24-14-18-26(37-15-27(18,2)31)25(32-24)17-6-8-20(30)19(29)12-17/h6-9,12-14,34H,5,10-11,15,31H2,1-4H3/t27-,28+/m1/s1. The number of hydrogen-bond donors (Lipinski definition) is 2. The Morgan fingerprint density at radius 2 is 2.03 bits per heavy atom. The summed E-state index contributed by atoms with van der Waals surface area (Å²) in [6, 6.07) is 10.9. The van der Waals surface area contributed by atoms with Crippen molar-refractivity contribution in [3.8, 4) is 28.5 Å². The highest BCUT2D eigenvalue weighted by molar-refractivity contribution is 6.31. The van der Waals surface area contributed by atoms with E-state index in [0.29, 0.717) is 51.9 Å². The number of carbonyl (C=O) groups is 1. The van der Waals surface area contributed by atoms with E-state index >= 15 is 0 Å². The third-order valence-corrected chi connectivity index (χ3v) is 6.76. The van der Waals surface area contributed by atoms with Crippen LogP contribution in [0.1, 0.15) is 55.2 Å². The maximum absolute atomic E-state index is 13.8. The fraction of sp³-hybridized carbons (Fsp3) is 0.357. The molecule has 0 saturated carbocycles. The number of Topliss-reactive ketones (excluding diaryl/α,β-unsaturated/α-hetero) is 1. The summed E-state index contributed by atoms with van der Waals surface area (Å²) in [5.41, 5.74) is 6.52. The van der Waals surface area contributed by atoms with E-state index in [9.17, 15) is 14.3 Å². The van der Waals surface area contributed by atoms with E-state index < -0.39 is 17.0 Å². The molecule has 0 unspecified atom stereocenters. The lowest BCUT2D eigenvalue weighted by Crippen LogP contribution is -2.35. The van der Waals surface area contributed by atoms with Crippen LogP contribution >= 0.6 is 11.6 Å². The normalized spacial score (nSPS) is 18.1. The molecule has 1 aromatic heterocycles. The Bertz CT molecular complexity index is 1340. The number of aliphatic hydroxyl groups is 1. The van der Waals surface area contributed by atoms with E-state index in [1.54, 1.807) is 37.3 Å². The summed E-state index contributed by atoms with van der Waals surface area (Å²) in [4.78, 5) is 17.7. The van der Waals surface area contributed by atoms with Gasteiger partial charge in [0.05, 0.1) is 30.0 Å². The minimum Gasteiger partial charge on any atom is -0.493 e. The Morgan fingerprint density at radius 1 is 1.27 bits per heavy atom. The zero-order valence-electron chi connectivity index (χ0n) is 21.2. The summed E-state index contributed by atoms with van der Waals surface area (Å²) in [5.74, 6) is 0.755. The second kappa shape index (κ2) is 10.3. The Balaban J connectivity index is 1.64. The third-order valence-electron chi connectivity index (χ3n) is 6.47. The number of nitrogens with zero attached hydrogens (tertiary/aromatic N) is 1. The fourth-order valence-corrected chi connectivity index (χ4v) is 4.44. The Hall–Kier alpha value is -3.20. The van der Waals surface area contributed by atoms with Crippen LogP contribution in [0.4, 0.5) is 4.39 Å². The number of nitrogens with two attached hydrogens (primary N) is 1. The minimum absolute atomic E-state index is 0.0526. The molecule has 196 valence electrons. The Labute approximate surface area is 220 Å². The van der Waals surface area contributed by atoms with Crippen LogP contribution in [0.25, 0.3) is 11.3 Å². The van der Waals surface area contributed by atoms with Gasteiger partial charge in [-0.1, -0.05) is 11.6 Å². The summed E-state index contributed by atoms with van der Waals surface area (Å²) in [7, 11) is 1.51. The molecule has 37 heavy (non-hydrogen) atoms. The number of fused-ring (bicyclic) bond motifs is 1. The predicted molar refractivity (Wildman–Crippen MR) is 139 cm³/mol. The zero-order valence-corrected chi connectivity index (χ0v) is 22.0. The smallest absolute Gasteiger partial charge is 0.163 e. The van der Waals surface area contributed by atoms with Crippen molar-refractivity contribution in [2.24, 2.45) is 5.73 Å². The average Bonchev–Trinajstić information content (AvgIpc) is 3.18. The van der Waals surface area contributed by atoms with Gasteiger partial charge in [0.15, 0.2) is 23.0 Å². The van der Waals surface area contributed by atoms with Crippen LogP contribution in [-0.4, -0.2) is 36.2 Å². The molecule has 4 rings (SSSR count). The second-order valence-corrected chi connectivity index (χ2v) is 9.97. The quantitative estimate of drug-likeness (QED) is 0.359. The van der Waals surface area contributed by atoms with Gasteiger partial charge in [-0.3, -0.25) is 4.79 Å². The van der Waals surface area contributed by atoms with Crippen molar-refractivity contribution in [1.82, 2.24) is 4.98 Å². The van der Waals surface area contributed by atoms with Crippen molar-refractivity contribution in [3.63, 3.8) is 0 Å². The first-order valence-electron chi connectivity index (χ1n) is 12.0. The number of ketones is 1. The van der Waals surface area contributed by atoms with Crippen LogP contribution in [0.2, 0.25) is 5.02 Å². The second-order valence-electron chi connectivity index (χ2n) is 9.56. The zero-order chi connectivity index (χ0) is 27.0. The van der Waals surface area contributed by atoms with Crippen molar-refractivity contribution in [2.45, 2.75) is 44.8 Å². The van der Waals surface area contributed by atoms with Crippen LogP contribution in [0, 0.1) is 5.82 Å². The van der Waals surface area contributed by atoms with Crippen LogP contribution in [0.15, 0.2) is 42.5 Å². The van der Waals surface area contributed by atoms with Crippen molar-refractivity contribution in [3.05, 3.63) is 70.1 Å². The SMILES string of the molecule is CCOc1ccc(C(=O)CC[C@](C)(O)c2cc3c(c(-c4ccc(F)c(Cl)c4)n2)OC[C@@]3(C)N)cc1OC. The number of carbonyl (C=O) groups excluding carboxylic acids is 1. The minimum atomic E-state index is -1.47. The topological polar surface area (TPSA) is 104 Å². The van der Waals surface area contributed by atoms with E-state index in [-0.39, 0.29) is 30.3 Å². The lowest BCUT2D eigenvalue weighted by Gasteiger charge is -2.25. The van der Waals surface area contributed by atoms with Gasteiger partial charge >= 0.3 is 0 Å². The lowest BCUT2D eigenvalue weighted by atomic mass is 9.88. The monoisotopic (exact) mass is 528 g/mol. The molecule has 9 heteroatoms. The molecule has 0 aliphatic carbocycles. The van der Waals surface area contributed by atoms with Crippen molar-refractivity contribution in [1.29, 1.82) is 0 Å². The van der Waals surface area contributed by atoms with Crippen LogP contribution in [-0.2, 0) is 11.1 Å². The summed E-state index contributed by atoms with van der Waals surface area (Å²) in [6.07, 6.45) is 0.149. The summed E-state index contributed by atoms with van der Waals surface area (Å²) < 4.78 is 30.5. The molecule has 2 heterocycles. The Morgan fingerprint density at radius 3 is 2.70 bits per heavy atom. The van der Waals surface area contributed by atoms with E-state index in [2.05, 4.69) is 4.98 Å². The van der Waals surface area contributed by atoms with Gasteiger partial charge < -0.3 is 25.1 Å². The molecular formula is C28H30ClFN2O5. The maximum Gasteiger partial charge on any atom is 0.163 e. The molecule has 0 radical (unpaired) electrons. The lowest BCUT2D eigenvalue weighted by molar-refractivity contribution is 0.0396. The molecular weight excluding hydrogens is 499 g/mol. The molecule has 0 spiro atoms. The molecule has 2 atom stereocenters. The molecule has 3 N–H and O–H groups in total. The van der Waals surface area contributed by atoms with Gasteiger partial charge in [0.1, 0.15) is 23.7 Å². The van der Waals surface area contributed by atoms with E-state index in [1.165, 1.54) is 19.2 Å². The summed E-state index contributed by atoms with van der Waals surface area (Å²) >= 11 is 6.02. The van der Waals surface area contributed by atoms with Gasteiger partial charge in [0.2, 0.25) is 0 Å². The van der Waals surface area contributed by atoms with Crippen molar-refractivity contribution >= 4 is 17.4 Å². The molecule has 7 nitrogen and oxygen atoms in total. The van der Waals surface area contributed by atoms with Crippen LogP contribution < -0.4 is 19.9 Å². The number of methoxy groups -OCH3 is 1. The highest BCUT2D eigenvalue weighted by Crippen LogP contribution is 2.44. The van der Waals surface area contributed by atoms with Gasteiger partial charge in [-0.25, -0.2) is 9.37 Å². The number of pyridine rings is 1. The number of aromatic nitrogens is 1. The van der Waals surface area contributed by atoms with Gasteiger partial charge in [-0.05, 0) is 69.7 Å². The molecule has 2 aromatic carbocycles. The van der Waals surface area contributed by atoms with E-state index in [0.717, 1.165) is 0 Å². The summed E-state index contributed by atoms with van der Waals surface area (Å²) in [5, 5.41) is 11.4. The molecule has 3 aromatic rings. The molecule has 0 fully saturated rings. The molecule has 1 aliphatic rings. The predicted octanol–water partition coefficient (Wildman–Crippen LogP) is 5.39. The first-order chi connectivity index (χ1) is 17.5. The molecule has 0 bridgehead atoms. The molecule has 1 aliphatic heterocycles. The van der Waals surface area contributed by atoms with Crippen LogP contribution in [0.3, 0.4) is 0 Å². The first-order valence-corrected chi connectivity index (χ1v) is 12.3. The average molecular weight is 529 g/mol. The highest BCUT2D eigenvalue weighted by Gasteiger charge is 2.38. The largest absolute Gasteiger partial charge is 0.493 e. The van der Waals surface area contributed by atoms with Crippen molar-refractivity contribution < 1.29 is 28.5 Å². The van der Waals surface area contributed by atoms with Crippen LogP contribution in [0.5, 0.6) is 17.2 Å². The van der Waals surface area contributed by atoms with Crippen molar-refractivity contribution in [2.75, 3.05) is 20.3 Å². The number of rotatable bonds is 9. The number of hydrogen-bond acceptors (Lipinski definition) is 7. The highest BCUT2D eigenvalue weighted by atomic mass is 35.5. The van der Waals surface area contributed by atoms with Gasteiger partial charge in [-0.15, -0.1) is 0 Å². The van der Waals surface area contributed by atoms with Gasteiger partial charge in [0.25, 0.3) is 0 Å². The maximum atomic E-state index is 13.8. The number of ether oxygens (including phenoxy) is 3. The van der Waals surface area contributed by atoms with Gasteiger partial charge in [0, 0.05) is 23.1 Å². The molecule has 0 saturated heterocycles. The van der Waals surface area contributed by atoms with E-state index in [4.69, 9.17) is 31.5 Å². The van der Waals surface area contributed by atoms with Gasteiger partial charge in [-0.2, -0.15) is 0 Å². The Kier molecular flexibility index (Phi) is 7.46. The molecule has 0 amide bonds.